The Kier molecular flexibility index (Phi) is 4.17. The number of carbonyl (C=O) groups is 1. The zero-order valence-electron chi connectivity index (χ0n) is 11.5. The number of hydrogen-bond acceptors (Lipinski definition) is 6. The molecule has 1 aromatic heterocycles. The molecule has 8 nitrogen and oxygen atoms in total. The Morgan fingerprint density at radius 2 is 2.05 bits per heavy atom. The van der Waals surface area contributed by atoms with Crippen molar-refractivity contribution in [2.75, 3.05) is 6.61 Å². The lowest BCUT2D eigenvalue weighted by Crippen LogP contribution is -2.04. The van der Waals surface area contributed by atoms with Gasteiger partial charge in [0.1, 0.15) is 5.75 Å². The van der Waals surface area contributed by atoms with E-state index in [1.807, 2.05) is 0 Å². The molecule has 0 N–H and O–H groups in total. The number of rotatable bonds is 5. The molecule has 1 heterocycles. The average Bonchev–Trinajstić information content (AvgIpc) is 2.81. The average molecular weight is 291 g/mol. The van der Waals surface area contributed by atoms with Gasteiger partial charge in [0.25, 0.3) is 0 Å². The lowest BCUT2D eigenvalue weighted by Gasteiger charge is -2.06. The summed E-state index contributed by atoms with van der Waals surface area (Å²) < 4.78 is 11.7. The molecule has 21 heavy (non-hydrogen) atoms. The van der Waals surface area contributed by atoms with Crippen molar-refractivity contribution in [3.05, 3.63) is 46.3 Å². The van der Waals surface area contributed by atoms with Gasteiger partial charge in [0.15, 0.2) is 0 Å². The first-order valence-electron chi connectivity index (χ1n) is 6.13. The molecule has 0 aliphatic carbocycles. The summed E-state index contributed by atoms with van der Waals surface area (Å²) in [7, 11) is 1.59. The summed E-state index contributed by atoms with van der Waals surface area (Å²) in [6, 6.07) is 6.11. The minimum Gasteiger partial charge on any atom is -0.462 e. The van der Waals surface area contributed by atoms with Crippen molar-refractivity contribution in [1.29, 1.82) is 0 Å². The van der Waals surface area contributed by atoms with Crippen LogP contribution >= 0.6 is 0 Å². The van der Waals surface area contributed by atoms with E-state index in [1.54, 1.807) is 14.0 Å². The van der Waals surface area contributed by atoms with Crippen LogP contribution in [0.2, 0.25) is 0 Å². The van der Waals surface area contributed by atoms with Crippen LogP contribution in [0.5, 0.6) is 11.6 Å². The fraction of sp³-hybridized carbons (Fsp3) is 0.231. The minimum atomic E-state index is -0.623. The smallest absolute Gasteiger partial charge is 0.427 e. The number of nitro groups is 1. The molecule has 0 atom stereocenters. The Hall–Kier alpha value is -2.90. The Morgan fingerprint density at radius 1 is 1.38 bits per heavy atom. The van der Waals surface area contributed by atoms with Crippen LogP contribution in [0.4, 0.5) is 5.82 Å². The molecular formula is C13H13N3O5. The highest BCUT2D eigenvalue weighted by molar-refractivity contribution is 5.89. The van der Waals surface area contributed by atoms with Crippen LogP contribution in [0.1, 0.15) is 17.3 Å². The highest BCUT2D eigenvalue weighted by Gasteiger charge is 2.22. The standard InChI is InChI=1S/C13H13N3O5/c1-3-20-13(17)9-4-6-10(7-5-9)21-12-11(16(18)19)14-8-15(12)2/h4-8H,3H2,1-2H3. The van der Waals surface area contributed by atoms with Gasteiger partial charge in [-0.15, -0.1) is 0 Å². The minimum absolute atomic E-state index is 0.0175. The molecule has 0 amide bonds. The third kappa shape index (κ3) is 3.16. The van der Waals surface area contributed by atoms with Crippen LogP contribution in [0, 0.1) is 10.1 Å². The van der Waals surface area contributed by atoms with E-state index in [0.29, 0.717) is 11.3 Å². The van der Waals surface area contributed by atoms with Gasteiger partial charge in [0.05, 0.1) is 12.2 Å². The number of imidazole rings is 1. The molecule has 2 aromatic rings. The van der Waals surface area contributed by atoms with Crippen LogP contribution in [0.15, 0.2) is 30.6 Å². The fourth-order valence-electron chi connectivity index (χ4n) is 1.63. The predicted octanol–water partition coefficient (Wildman–Crippen LogP) is 2.30. The van der Waals surface area contributed by atoms with E-state index in [4.69, 9.17) is 9.47 Å². The monoisotopic (exact) mass is 291 g/mol. The van der Waals surface area contributed by atoms with Gasteiger partial charge in [-0.05, 0) is 41.1 Å². The zero-order chi connectivity index (χ0) is 15.4. The second kappa shape index (κ2) is 6.04. The zero-order valence-corrected chi connectivity index (χ0v) is 11.5. The van der Waals surface area contributed by atoms with Crippen LogP contribution in [0.3, 0.4) is 0 Å². The first kappa shape index (κ1) is 14.5. The van der Waals surface area contributed by atoms with E-state index in [1.165, 1.54) is 35.2 Å². The molecule has 0 aliphatic rings. The highest BCUT2D eigenvalue weighted by atomic mass is 16.6. The second-order valence-corrected chi connectivity index (χ2v) is 4.09. The third-order valence-corrected chi connectivity index (χ3v) is 2.62. The molecule has 2 rings (SSSR count). The van der Waals surface area contributed by atoms with E-state index in [0.717, 1.165) is 0 Å². The van der Waals surface area contributed by atoms with Crippen molar-refractivity contribution in [2.45, 2.75) is 6.92 Å². The molecule has 0 unspecified atom stereocenters. The van der Waals surface area contributed by atoms with Crippen molar-refractivity contribution < 1.29 is 19.2 Å². The molecule has 0 saturated carbocycles. The predicted molar refractivity (Wildman–Crippen MR) is 72.3 cm³/mol. The van der Waals surface area contributed by atoms with Crippen molar-refractivity contribution in [3.63, 3.8) is 0 Å². The molecule has 0 aliphatic heterocycles. The van der Waals surface area contributed by atoms with Gasteiger partial charge in [-0.2, -0.15) is 0 Å². The Labute approximate surface area is 120 Å². The number of nitrogens with zero attached hydrogens (tertiary/aromatic N) is 3. The first-order valence-corrected chi connectivity index (χ1v) is 6.13. The van der Waals surface area contributed by atoms with Gasteiger partial charge in [-0.3, -0.25) is 4.57 Å². The van der Waals surface area contributed by atoms with Gasteiger partial charge in [-0.1, -0.05) is 0 Å². The van der Waals surface area contributed by atoms with Crippen molar-refractivity contribution in [2.24, 2.45) is 7.05 Å². The molecule has 0 saturated heterocycles. The maximum atomic E-state index is 11.5. The lowest BCUT2D eigenvalue weighted by molar-refractivity contribution is -0.390. The maximum Gasteiger partial charge on any atom is 0.427 e. The van der Waals surface area contributed by atoms with Crippen molar-refractivity contribution >= 4 is 11.8 Å². The first-order chi connectivity index (χ1) is 10.0. The summed E-state index contributed by atoms with van der Waals surface area (Å²) in [5.74, 6) is -0.429. The molecule has 0 spiro atoms. The highest BCUT2D eigenvalue weighted by Crippen LogP contribution is 2.29. The Morgan fingerprint density at radius 3 is 2.62 bits per heavy atom. The molecular weight excluding hydrogens is 278 g/mol. The van der Waals surface area contributed by atoms with E-state index >= 15 is 0 Å². The molecule has 0 radical (unpaired) electrons. The van der Waals surface area contributed by atoms with Gasteiger partial charge < -0.3 is 19.6 Å². The number of aromatic nitrogens is 2. The van der Waals surface area contributed by atoms with Gasteiger partial charge in [-0.25, -0.2) is 4.79 Å². The van der Waals surface area contributed by atoms with Crippen LogP contribution in [0.25, 0.3) is 0 Å². The molecule has 0 bridgehead atoms. The topological polar surface area (TPSA) is 96.5 Å². The lowest BCUT2D eigenvalue weighted by atomic mass is 10.2. The fourth-order valence-corrected chi connectivity index (χ4v) is 1.63. The number of hydrogen-bond donors (Lipinski definition) is 0. The second-order valence-electron chi connectivity index (χ2n) is 4.09. The van der Waals surface area contributed by atoms with Crippen molar-refractivity contribution in [3.8, 4) is 11.6 Å². The SMILES string of the molecule is CCOC(=O)c1ccc(Oc2c([N+](=O)[O-])ncn2C)cc1. The third-order valence-electron chi connectivity index (χ3n) is 2.62. The van der Waals surface area contributed by atoms with Gasteiger partial charge >= 0.3 is 17.7 Å². The van der Waals surface area contributed by atoms with Gasteiger partial charge in [0, 0.05) is 7.05 Å². The van der Waals surface area contributed by atoms with E-state index in [2.05, 4.69) is 4.98 Å². The van der Waals surface area contributed by atoms with E-state index < -0.39 is 10.9 Å². The number of benzene rings is 1. The number of ether oxygens (including phenoxy) is 2. The maximum absolute atomic E-state index is 11.5. The Bertz CT molecular complexity index is 663. The number of esters is 1. The molecule has 0 fully saturated rings. The summed E-state index contributed by atoms with van der Waals surface area (Å²) in [4.78, 5) is 25.4. The summed E-state index contributed by atoms with van der Waals surface area (Å²) in [5.41, 5.74) is 0.378. The van der Waals surface area contributed by atoms with Crippen LogP contribution in [-0.2, 0) is 11.8 Å². The van der Waals surface area contributed by atoms with Crippen LogP contribution in [-0.4, -0.2) is 27.1 Å². The molecule has 1 aromatic carbocycles. The molecule has 8 heteroatoms. The molecule has 110 valence electrons. The van der Waals surface area contributed by atoms with Gasteiger partial charge in [0.2, 0.25) is 6.33 Å². The Balaban J connectivity index is 2.19. The summed E-state index contributed by atoms with van der Waals surface area (Å²) in [6.45, 7) is 2.01. The summed E-state index contributed by atoms with van der Waals surface area (Å²) in [5, 5.41) is 10.8. The number of aryl methyl sites for hydroxylation is 1. The normalized spacial score (nSPS) is 10.2. The van der Waals surface area contributed by atoms with E-state index in [9.17, 15) is 14.9 Å². The quantitative estimate of drug-likeness (QED) is 0.476. The summed E-state index contributed by atoms with van der Waals surface area (Å²) in [6.07, 6.45) is 1.29. The number of carbonyl (C=O) groups excluding carboxylic acids is 1. The van der Waals surface area contributed by atoms with Crippen LogP contribution < -0.4 is 4.74 Å². The van der Waals surface area contributed by atoms with Crippen molar-refractivity contribution in [1.82, 2.24) is 9.55 Å². The largest absolute Gasteiger partial charge is 0.462 e. The van der Waals surface area contributed by atoms with E-state index in [-0.39, 0.29) is 18.3 Å². The summed E-state index contributed by atoms with van der Waals surface area (Å²) >= 11 is 0.